The second-order valence-electron chi connectivity index (χ2n) is 5.44. The van der Waals surface area contributed by atoms with Gasteiger partial charge in [0.25, 0.3) is 5.56 Å². The quantitative estimate of drug-likeness (QED) is 0.900. The van der Waals surface area contributed by atoms with Crippen LogP contribution in [0.1, 0.15) is 12.8 Å². The van der Waals surface area contributed by atoms with E-state index in [0.717, 1.165) is 24.1 Å². The van der Waals surface area contributed by atoms with Crippen molar-refractivity contribution in [1.82, 2.24) is 15.1 Å². The first kappa shape index (κ1) is 15.4. The Morgan fingerprint density at radius 2 is 2.09 bits per heavy atom. The SMILES string of the molecule is O=C(NCCn1nc(-c2ccccc2)ccc1=O)C1CCCO1. The lowest BCUT2D eigenvalue weighted by molar-refractivity contribution is -0.130. The Hall–Kier alpha value is -2.47. The fraction of sp³-hybridized carbons (Fsp3) is 0.353. The lowest BCUT2D eigenvalue weighted by Crippen LogP contribution is -2.37. The number of aromatic nitrogens is 2. The molecule has 0 saturated carbocycles. The predicted molar refractivity (Wildman–Crippen MR) is 85.9 cm³/mol. The molecular formula is C17H19N3O3. The number of nitrogens with one attached hydrogen (secondary N) is 1. The fourth-order valence-electron chi connectivity index (χ4n) is 2.56. The van der Waals surface area contributed by atoms with Gasteiger partial charge in [-0.15, -0.1) is 0 Å². The number of carbonyl (C=O) groups excluding carboxylic acids is 1. The van der Waals surface area contributed by atoms with Gasteiger partial charge in [0, 0.05) is 24.8 Å². The summed E-state index contributed by atoms with van der Waals surface area (Å²) in [6.45, 7) is 1.32. The van der Waals surface area contributed by atoms with Gasteiger partial charge in [-0.2, -0.15) is 5.10 Å². The number of amides is 1. The lowest BCUT2D eigenvalue weighted by Gasteiger charge is -2.11. The van der Waals surface area contributed by atoms with E-state index in [0.29, 0.717) is 19.7 Å². The van der Waals surface area contributed by atoms with E-state index in [4.69, 9.17) is 4.74 Å². The first-order valence-corrected chi connectivity index (χ1v) is 7.77. The van der Waals surface area contributed by atoms with Crippen molar-refractivity contribution in [1.29, 1.82) is 0 Å². The molecule has 120 valence electrons. The number of ether oxygens (including phenoxy) is 1. The zero-order valence-electron chi connectivity index (χ0n) is 12.8. The molecule has 0 spiro atoms. The van der Waals surface area contributed by atoms with Gasteiger partial charge < -0.3 is 10.1 Å². The van der Waals surface area contributed by atoms with Crippen LogP contribution in [0.5, 0.6) is 0 Å². The highest BCUT2D eigenvalue weighted by atomic mass is 16.5. The van der Waals surface area contributed by atoms with Gasteiger partial charge in [0.1, 0.15) is 6.10 Å². The summed E-state index contributed by atoms with van der Waals surface area (Å²) in [6, 6.07) is 12.9. The summed E-state index contributed by atoms with van der Waals surface area (Å²) in [5.41, 5.74) is 1.50. The number of carbonyl (C=O) groups is 1. The van der Waals surface area contributed by atoms with Crippen LogP contribution >= 0.6 is 0 Å². The van der Waals surface area contributed by atoms with Crippen LogP contribution in [0.2, 0.25) is 0 Å². The minimum absolute atomic E-state index is 0.116. The highest BCUT2D eigenvalue weighted by Crippen LogP contribution is 2.14. The van der Waals surface area contributed by atoms with Crippen LogP contribution in [0.25, 0.3) is 11.3 Å². The molecule has 1 amide bonds. The maximum Gasteiger partial charge on any atom is 0.266 e. The normalized spacial score (nSPS) is 17.1. The van der Waals surface area contributed by atoms with Gasteiger partial charge in [-0.05, 0) is 18.9 Å². The smallest absolute Gasteiger partial charge is 0.266 e. The molecule has 1 aromatic carbocycles. The van der Waals surface area contributed by atoms with Crippen molar-refractivity contribution in [3.8, 4) is 11.3 Å². The third-order valence-corrected chi connectivity index (χ3v) is 3.78. The molecule has 1 N–H and O–H groups in total. The van der Waals surface area contributed by atoms with Crippen molar-refractivity contribution in [2.24, 2.45) is 0 Å². The Kier molecular flexibility index (Phi) is 4.83. The minimum atomic E-state index is -0.352. The summed E-state index contributed by atoms with van der Waals surface area (Å²) >= 11 is 0. The molecule has 0 bridgehead atoms. The summed E-state index contributed by atoms with van der Waals surface area (Å²) in [7, 11) is 0. The second-order valence-corrected chi connectivity index (χ2v) is 5.44. The molecule has 1 aromatic heterocycles. The predicted octanol–water partition coefficient (Wildman–Crippen LogP) is 1.21. The van der Waals surface area contributed by atoms with Crippen molar-refractivity contribution in [3.63, 3.8) is 0 Å². The van der Waals surface area contributed by atoms with Crippen molar-refractivity contribution in [2.45, 2.75) is 25.5 Å². The van der Waals surface area contributed by atoms with Crippen LogP contribution in [-0.4, -0.2) is 34.9 Å². The Morgan fingerprint density at radius 3 is 2.83 bits per heavy atom. The minimum Gasteiger partial charge on any atom is -0.368 e. The van der Waals surface area contributed by atoms with E-state index in [1.807, 2.05) is 30.3 Å². The first-order valence-electron chi connectivity index (χ1n) is 7.77. The van der Waals surface area contributed by atoms with Crippen LogP contribution in [-0.2, 0) is 16.1 Å². The van der Waals surface area contributed by atoms with Crippen LogP contribution in [0.4, 0.5) is 0 Å². The molecule has 2 aromatic rings. The summed E-state index contributed by atoms with van der Waals surface area (Å²) < 4.78 is 6.70. The van der Waals surface area contributed by atoms with Crippen LogP contribution < -0.4 is 10.9 Å². The van der Waals surface area contributed by atoms with Crippen LogP contribution in [0.3, 0.4) is 0 Å². The molecule has 1 unspecified atom stereocenters. The second kappa shape index (κ2) is 7.19. The van der Waals surface area contributed by atoms with E-state index in [2.05, 4.69) is 10.4 Å². The maximum atomic E-state index is 11.9. The zero-order valence-corrected chi connectivity index (χ0v) is 12.8. The van der Waals surface area contributed by atoms with Gasteiger partial charge in [0.2, 0.25) is 5.91 Å². The van der Waals surface area contributed by atoms with E-state index < -0.39 is 0 Å². The van der Waals surface area contributed by atoms with Crippen LogP contribution in [0, 0.1) is 0 Å². The van der Waals surface area contributed by atoms with E-state index in [9.17, 15) is 9.59 Å². The van der Waals surface area contributed by atoms with E-state index in [1.54, 1.807) is 6.07 Å². The largest absolute Gasteiger partial charge is 0.368 e. The Bertz CT molecular complexity index is 721. The lowest BCUT2D eigenvalue weighted by atomic mass is 10.1. The molecule has 6 nitrogen and oxygen atoms in total. The van der Waals surface area contributed by atoms with Gasteiger partial charge in [-0.3, -0.25) is 9.59 Å². The van der Waals surface area contributed by atoms with Crippen molar-refractivity contribution < 1.29 is 9.53 Å². The number of hydrogen-bond donors (Lipinski definition) is 1. The number of hydrogen-bond acceptors (Lipinski definition) is 4. The Balaban J connectivity index is 1.63. The highest BCUT2D eigenvalue weighted by Gasteiger charge is 2.22. The summed E-state index contributed by atoms with van der Waals surface area (Å²) in [5.74, 6) is -0.116. The third kappa shape index (κ3) is 3.84. The van der Waals surface area contributed by atoms with Gasteiger partial charge in [0.05, 0.1) is 12.2 Å². The molecule has 1 saturated heterocycles. The van der Waals surface area contributed by atoms with Crippen LogP contribution in [0.15, 0.2) is 47.3 Å². The number of benzene rings is 1. The average molecular weight is 313 g/mol. The molecule has 6 heteroatoms. The standard InChI is InChI=1S/C17H19N3O3/c21-16-9-8-14(13-5-2-1-3-6-13)19-20(16)11-10-18-17(22)15-7-4-12-23-15/h1-3,5-6,8-9,15H,4,7,10-12H2,(H,18,22). The molecule has 1 atom stereocenters. The number of rotatable bonds is 5. The fourth-order valence-corrected chi connectivity index (χ4v) is 2.56. The summed E-state index contributed by atoms with van der Waals surface area (Å²) in [6.07, 6.45) is 1.32. The summed E-state index contributed by atoms with van der Waals surface area (Å²) in [5, 5.41) is 7.15. The van der Waals surface area contributed by atoms with Gasteiger partial charge >= 0.3 is 0 Å². The molecule has 2 heterocycles. The molecule has 1 aliphatic rings. The molecule has 0 aliphatic carbocycles. The van der Waals surface area contributed by atoms with Gasteiger partial charge in [0.15, 0.2) is 0 Å². The maximum absolute atomic E-state index is 11.9. The van der Waals surface area contributed by atoms with Gasteiger partial charge in [-0.25, -0.2) is 4.68 Å². The topological polar surface area (TPSA) is 73.2 Å². The van der Waals surface area contributed by atoms with Crippen molar-refractivity contribution >= 4 is 5.91 Å². The zero-order chi connectivity index (χ0) is 16.1. The molecule has 1 fully saturated rings. The highest BCUT2D eigenvalue weighted by molar-refractivity contribution is 5.80. The third-order valence-electron chi connectivity index (χ3n) is 3.78. The monoisotopic (exact) mass is 313 g/mol. The molecule has 1 aliphatic heterocycles. The van der Waals surface area contributed by atoms with E-state index in [1.165, 1.54) is 10.7 Å². The molecular weight excluding hydrogens is 294 g/mol. The van der Waals surface area contributed by atoms with E-state index >= 15 is 0 Å². The molecule has 23 heavy (non-hydrogen) atoms. The van der Waals surface area contributed by atoms with Crippen molar-refractivity contribution in [2.75, 3.05) is 13.2 Å². The first-order chi connectivity index (χ1) is 11.2. The number of nitrogens with zero attached hydrogens (tertiary/aromatic N) is 2. The van der Waals surface area contributed by atoms with E-state index in [-0.39, 0.29) is 17.6 Å². The summed E-state index contributed by atoms with van der Waals surface area (Å²) in [4.78, 5) is 23.8. The average Bonchev–Trinajstić information content (AvgIpc) is 3.12. The van der Waals surface area contributed by atoms with Gasteiger partial charge in [-0.1, -0.05) is 30.3 Å². The molecule has 3 rings (SSSR count). The van der Waals surface area contributed by atoms with Crippen molar-refractivity contribution in [3.05, 3.63) is 52.8 Å². The Labute approximate surface area is 134 Å². The molecule has 0 radical (unpaired) electrons. The Morgan fingerprint density at radius 1 is 1.26 bits per heavy atom.